The first-order chi connectivity index (χ1) is 6.72. The molecule has 2 atom stereocenters. The molecule has 0 aliphatic carbocycles. The van der Waals surface area contributed by atoms with Gasteiger partial charge in [0.1, 0.15) is 0 Å². The molecule has 0 aromatic rings. The van der Waals surface area contributed by atoms with Gasteiger partial charge in [-0.1, -0.05) is 26.2 Å². The minimum atomic E-state index is -0.336. The van der Waals surface area contributed by atoms with Crippen LogP contribution in [-0.2, 0) is 0 Å². The van der Waals surface area contributed by atoms with Gasteiger partial charge in [0, 0.05) is 12.1 Å². The lowest BCUT2D eigenvalue weighted by molar-refractivity contribution is -0.0385. The van der Waals surface area contributed by atoms with Crippen LogP contribution in [0.2, 0.25) is 0 Å². The highest BCUT2D eigenvalue weighted by molar-refractivity contribution is 4.97. The average molecular weight is 197 g/mol. The number of hydrogen-bond acceptors (Lipinski definition) is 2. The van der Waals surface area contributed by atoms with E-state index in [1.807, 2.05) is 0 Å². The summed E-state index contributed by atoms with van der Waals surface area (Å²) in [5.74, 6) is 0. The Balaban J connectivity index is 1.93. The van der Waals surface area contributed by atoms with Crippen molar-refractivity contribution < 1.29 is 5.11 Å². The van der Waals surface area contributed by atoms with Gasteiger partial charge in [-0.15, -0.1) is 0 Å². The summed E-state index contributed by atoms with van der Waals surface area (Å²) < 4.78 is 0. The summed E-state index contributed by atoms with van der Waals surface area (Å²) in [4.78, 5) is 0. The predicted octanol–water partition coefficient (Wildman–Crippen LogP) is 2.21. The molecule has 2 N–H and O–H groups in total. The third-order valence-electron chi connectivity index (χ3n) is 3.82. The lowest BCUT2D eigenvalue weighted by Gasteiger charge is -2.45. The van der Waals surface area contributed by atoms with Crippen LogP contribution < -0.4 is 5.32 Å². The van der Waals surface area contributed by atoms with Gasteiger partial charge < -0.3 is 10.4 Å². The molecule has 2 aliphatic rings. The van der Waals surface area contributed by atoms with Crippen LogP contribution >= 0.6 is 0 Å². The molecule has 2 nitrogen and oxygen atoms in total. The van der Waals surface area contributed by atoms with Crippen LogP contribution in [0.4, 0.5) is 0 Å². The van der Waals surface area contributed by atoms with E-state index < -0.39 is 0 Å². The van der Waals surface area contributed by atoms with Crippen molar-refractivity contribution in [2.24, 2.45) is 0 Å². The van der Waals surface area contributed by atoms with Gasteiger partial charge in [-0.2, -0.15) is 0 Å². The van der Waals surface area contributed by atoms with Gasteiger partial charge in [0.2, 0.25) is 0 Å². The molecule has 2 fully saturated rings. The van der Waals surface area contributed by atoms with Crippen molar-refractivity contribution in [1.82, 2.24) is 5.32 Å². The molecule has 2 aliphatic heterocycles. The van der Waals surface area contributed by atoms with Gasteiger partial charge in [-0.25, -0.2) is 0 Å². The molecule has 14 heavy (non-hydrogen) atoms. The van der Waals surface area contributed by atoms with E-state index in [0.717, 1.165) is 19.3 Å². The maximum atomic E-state index is 10.5. The van der Waals surface area contributed by atoms with E-state index in [-0.39, 0.29) is 5.60 Å². The van der Waals surface area contributed by atoms with Crippen LogP contribution in [0.25, 0.3) is 0 Å². The maximum Gasteiger partial charge on any atom is 0.0677 e. The summed E-state index contributed by atoms with van der Waals surface area (Å²) in [5, 5.41) is 14.1. The molecule has 0 radical (unpaired) electrons. The summed E-state index contributed by atoms with van der Waals surface area (Å²) in [6, 6.07) is 1.20. The molecule has 2 saturated heterocycles. The highest BCUT2D eigenvalue weighted by Crippen LogP contribution is 2.35. The standard InChI is InChI=1S/C12H23NO/c1-2-3-7-12(14)8-10-5-4-6-11(9-12)13-10/h10-11,13-14H,2-9H2,1H3. The zero-order valence-corrected chi connectivity index (χ0v) is 9.26. The number of unbranched alkanes of at least 4 members (excludes halogenated alkanes) is 1. The fraction of sp³-hybridized carbons (Fsp3) is 1.00. The molecule has 2 heterocycles. The summed E-state index contributed by atoms with van der Waals surface area (Å²) in [6.07, 6.45) is 9.26. The van der Waals surface area contributed by atoms with Gasteiger partial charge >= 0.3 is 0 Å². The lowest BCUT2D eigenvalue weighted by atomic mass is 9.75. The Bertz CT molecular complexity index is 181. The lowest BCUT2D eigenvalue weighted by Crippen LogP contribution is -2.55. The zero-order valence-electron chi connectivity index (χ0n) is 9.26. The van der Waals surface area contributed by atoms with Crippen LogP contribution in [-0.4, -0.2) is 22.8 Å². The Morgan fingerprint density at radius 3 is 2.50 bits per heavy atom. The van der Waals surface area contributed by atoms with Crippen molar-refractivity contribution in [3.63, 3.8) is 0 Å². The van der Waals surface area contributed by atoms with Crippen molar-refractivity contribution in [3.05, 3.63) is 0 Å². The van der Waals surface area contributed by atoms with Crippen LogP contribution in [0.5, 0.6) is 0 Å². The van der Waals surface area contributed by atoms with Gasteiger partial charge in [0.15, 0.2) is 0 Å². The Kier molecular flexibility index (Phi) is 3.13. The van der Waals surface area contributed by atoms with Crippen LogP contribution in [0.15, 0.2) is 0 Å². The number of rotatable bonds is 3. The first-order valence-electron chi connectivity index (χ1n) is 6.20. The highest BCUT2D eigenvalue weighted by Gasteiger charge is 2.39. The molecule has 2 rings (SSSR count). The largest absolute Gasteiger partial charge is 0.390 e. The summed E-state index contributed by atoms with van der Waals surface area (Å²) in [7, 11) is 0. The van der Waals surface area contributed by atoms with Crippen molar-refractivity contribution in [3.8, 4) is 0 Å². The third-order valence-corrected chi connectivity index (χ3v) is 3.82. The molecule has 2 unspecified atom stereocenters. The monoisotopic (exact) mass is 197 g/mol. The Morgan fingerprint density at radius 1 is 1.29 bits per heavy atom. The quantitative estimate of drug-likeness (QED) is 0.727. The van der Waals surface area contributed by atoms with Gasteiger partial charge in [0.25, 0.3) is 0 Å². The fourth-order valence-corrected chi connectivity index (χ4v) is 3.14. The van der Waals surface area contributed by atoms with Gasteiger partial charge in [-0.3, -0.25) is 0 Å². The van der Waals surface area contributed by atoms with Crippen LogP contribution in [0, 0.1) is 0 Å². The first kappa shape index (κ1) is 10.4. The topological polar surface area (TPSA) is 32.3 Å². The minimum absolute atomic E-state index is 0.336. The third kappa shape index (κ3) is 2.29. The minimum Gasteiger partial charge on any atom is -0.390 e. The second-order valence-corrected chi connectivity index (χ2v) is 5.23. The second-order valence-electron chi connectivity index (χ2n) is 5.23. The van der Waals surface area contributed by atoms with E-state index in [1.165, 1.54) is 32.1 Å². The van der Waals surface area contributed by atoms with E-state index >= 15 is 0 Å². The Morgan fingerprint density at radius 2 is 1.93 bits per heavy atom. The number of nitrogens with one attached hydrogen (secondary N) is 1. The van der Waals surface area contributed by atoms with Gasteiger partial charge in [0.05, 0.1) is 5.60 Å². The van der Waals surface area contributed by atoms with E-state index in [0.29, 0.717) is 12.1 Å². The Hall–Kier alpha value is -0.0800. The van der Waals surface area contributed by atoms with E-state index in [1.54, 1.807) is 0 Å². The first-order valence-corrected chi connectivity index (χ1v) is 6.20. The molecule has 0 aromatic carbocycles. The second kappa shape index (κ2) is 4.19. The normalized spacial score (nSPS) is 42.4. The molecule has 0 amide bonds. The molecular formula is C12H23NO. The SMILES string of the molecule is CCCCC1(O)CC2CCCC(C1)N2. The molecule has 0 spiro atoms. The molecule has 2 heteroatoms. The number of hydrogen-bond donors (Lipinski definition) is 2. The van der Waals surface area contributed by atoms with Crippen LogP contribution in [0.1, 0.15) is 58.3 Å². The zero-order chi connectivity index (χ0) is 10.0. The molecule has 82 valence electrons. The molecule has 0 saturated carbocycles. The number of piperidine rings is 2. The van der Waals surface area contributed by atoms with Crippen molar-refractivity contribution in [2.45, 2.75) is 76.0 Å². The number of aliphatic hydroxyl groups is 1. The highest BCUT2D eigenvalue weighted by atomic mass is 16.3. The average Bonchev–Trinajstić information content (AvgIpc) is 2.14. The smallest absolute Gasteiger partial charge is 0.0677 e. The predicted molar refractivity (Wildman–Crippen MR) is 58.3 cm³/mol. The van der Waals surface area contributed by atoms with Crippen molar-refractivity contribution >= 4 is 0 Å². The molecule has 2 bridgehead atoms. The van der Waals surface area contributed by atoms with Crippen molar-refractivity contribution in [1.29, 1.82) is 0 Å². The van der Waals surface area contributed by atoms with E-state index in [2.05, 4.69) is 12.2 Å². The van der Waals surface area contributed by atoms with E-state index in [9.17, 15) is 5.11 Å². The summed E-state index contributed by atoms with van der Waals surface area (Å²) in [6.45, 7) is 2.20. The summed E-state index contributed by atoms with van der Waals surface area (Å²) >= 11 is 0. The van der Waals surface area contributed by atoms with Crippen LogP contribution in [0.3, 0.4) is 0 Å². The summed E-state index contributed by atoms with van der Waals surface area (Å²) in [5.41, 5.74) is -0.336. The fourth-order valence-electron chi connectivity index (χ4n) is 3.14. The van der Waals surface area contributed by atoms with Crippen molar-refractivity contribution in [2.75, 3.05) is 0 Å². The van der Waals surface area contributed by atoms with E-state index in [4.69, 9.17) is 0 Å². The number of fused-ring (bicyclic) bond motifs is 2. The Labute approximate surface area is 87.1 Å². The molecule has 0 aromatic heterocycles. The molecular weight excluding hydrogens is 174 g/mol. The maximum absolute atomic E-state index is 10.5. The van der Waals surface area contributed by atoms with Gasteiger partial charge in [-0.05, 0) is 32.1 Å².